The fraction of sp³-hybridized carbons (Fsp3) is 0.350. The molecule has 2 aromatic carbocycles. The number of carbonyl (C=O) groups is 1. The monoisotopic (exact) mass is 343 g/mol. The molecular weight excluding hydrogens is 321 g/mol. The van der Waals surface area contributed by atoms with Gasteiger partial charge in [0.2, 0.25) is 0 Å². The number of para-hydroxylation sites is 1. The minimum absolute atomic E-state index is 0.147. The smallest absolute Gasteiger partial charge is 0.261 e. The highest BCUT2D eigenvalue weighted by molar-refractivity contribution is 5.81. The van der Waals surface area contributed by atoms with Crippen molar-refractivity contribution in [1.29, 1.82) is 0 Å². The van der Waals surface area contributed by atoms with Crippen molar-refractivity contribution in [2.45, 2.75) is 44.9 Å². The van der Waals surface area contributed by atoms with Gasteiger partial charge in [0.15, 0.2) is 6.10 Å². The first kappa shape index (κ1) is 17.3. The third kappa shape index (κ3) is 4.10. The lowest BCUT2D eigenvalue weighted by molar-refractivity contribution is -0.128. The first-order chi connectivity index (χ1) is 11.8. The summed E-state index contributed by atoms with van der Waals surface area (Å²) < 4.78 is 24.5. The van der Waals surface area contributed by atoms with Crippen molar-refractivity contribution < 1.29 is 18.7 Å². The number of rotatable bonds is 4. The van der Waals surface area contributed by atoms with E-state index in [0.717, 1.165) is 11.3 Å². The Morgan fingerprint density at radius 3 is 2.64 bits per heavy atom. The van der Waals surface area contributed by atoms with Crippen LogP contribution in [0.3, 0.4) is 0 Å². The number of hydrogen-bond donors (Lipinski definition) is 1. The number of amides is 1. The number of benzene rings is 2. The molecule has 2 aromatic rings. The fourth-order valence-electron chi connectivity index (χ4n) is 2.99. The van der Waals surface area contributed by atoms with Gasteiger partial charge in [-0.15, -0.1) is 0 Å². The van der Waals surface area contributed by atoms with Gasteiger partial charge in [-0.3, -0.25) is 4.79 Å². The Morgan fingerprint density at radius 2 is 1.92 bits per heavy atom. The number of nitrogens with one attached hydrogen (secondary N) is 1. The lowest BCUT2D eigenvalue weighted by atomic mass is 9.89. The van der Waals surface area contributed by atoms with E-state index in [1.807, 2.05) is 38.1 Å². The Bertz CT molecular complexity index is 758. The summed E-state index contributed by atoms with van der Waals surface area (Å²) in [4.78, 5) is 12.6. The van der Waals surface area contributed by atoms with E-state index in [0.29, 0.717) is 12.2 Å². The van der Waals surface area contributed by atoms with Crippen molar-refractivity contribution in [3.63, 3.8) is 0 Å². The molecule has 0 bridgehead atoms. The predicted octanol–water partition coefficient (Wildman–Crippen LogP) is 4.01. The molecule has 0 saturated carbocycles. The van der Waals surface area contributed by atoms with E-state index in [-0.39, 0.29) is 23.4 Å². The zero-order valence-electron chi connectivity index (χ0n) is 14.6. The Labute approximate surface area is 147 Å². The highest BCUT2D eigenvalue weighted by Gasteiger charge is 2.35. The summed E-state index contributed by atoms with van der Waals surface area (Å²) >= 11 is 0. The molecule has 4 nitrogen and oxygen atoms in total. The molecule has 25 heavy (non-hydrogen) atoms. The van der Waals surface area contributed by atoms with Crippen molar-refractivity contribution in [3.05, 3.63) is 59.9 Å². The van der Waals surface area contributed by atoms with Gasteiger partial charge in [-0.1, -0.05) is 18.2 Å². The van der Waals surface area contributed by atoms with Gasteiger partial charge in [0.05, 0.1) is 6.04 Å². The van der Waals surface area contributed by atoms with Gasteiger partial charge >= 0.3 is 0 Å². The van der Waals surface area contributed by atoms with Crippen LogP contribution in [0.2, 0.25) is 0 Å². The minimum Gasteiger partial charge on any atom is -0.487 e. The summed E-state index contributed by atoms with van der Waals surface area (Å²) in [6.07, 6.45) is -0.0254. The molecule has 1 aliphatic rings. The van der Waals surface area contributed by atoms with Crippen LogP contribution in [-0.4, -0.2) is 17.6 Å². The number of fused-ring (bicyclic) bond motifs is 1. The van der Waals surface area contributed by atoms with Gasteiger partial charge in [0.25, 0.3) is 5.91 Å². The molecule has 0 fully saturated rings. The van der Waals surface area contributed by atoms with Crippen LogP contribution in [0.5, 0.6) is 11.5 Å². The van der Waals surface area contributed by atoms with Crippen molar-refractivity contribution in [2.75, 3.05) is 0 Å². The minimum atomic E-state index is -0.691. The van der Waals surface area contributed by atoms with Crippen LogP contribution in [0.4, 0.5) is 4.39 Å². The lowest BCUT2D eigenvalue weighted by Gasteiger charge is -2.38. The van der Waals surface area contributed by atoms with Crippen molar-refractivity contribution in [3.8, 4) is 11.5 Å². The van der Waals surface area contributed by atoms with Crippen LogP contribution in [-0.2, 0) is 4.79 Å². The Morgan fingerprint density at radius 1 is 1.24 bits per heavy atom. The molecule has 1 amide bonds. The molecule has 1 N–H and O–H groups in total. The zero-order valence-corrected chi connectivity index (χ0v) is 14.6. The SMILES string of the molecule is CC(Oc1ccc(F)cc1)C(=O)NC1CC(C)(C)Oc2ccccc21. The third-order valence-electron chi connectivity index (χ3n) is 4.19. The van der Waals surface area contributed by atoms with E-state index < -0.39 is 6.10 Å². The summed E-state index contributed by atoms with van der Waals surface area (Å²) in [5.41, 5.74) is 0.594. The Kier molecular flexibility index (Phi) is 4.66. The lowest BCUT2D eigenvalue weighted by Crippen LogP contribution is -2.44. The first-order valence-corrected chi connectivity index (χ1v) is 8.35. The van der Waals surface area contributed by atoms with Crippen molar-refractivity contribution >= 4 is 5.91 Å². The van der Waals surface area contributed by atoms with E-state index >= 15 is 0 Å². The average Bonchev–Trinajstić information content (AvgIpc) is 2.56. The summed E-state index contributed by atoms with van der Waals surface area (Å²) in [6.45, 7) is 5.68. The molecule has 2 atom stereocenters. The van der Waals surface area contributed by atoms with Crippen LogP contribution in [0, 0.1) is 5.82 Å². The van der Waals surface area contributed by atoms with E-state index in [1.165, 1.54) is 24.3 Å². The molecular formula is C20H22FNO3. The van der Waals surface area contributed by atoms with E-state index in [9.17, 15) is 9.18 Å². The van der Waals surface area contributed by atoms with Crippen LogP contribution in [0.1, 0.15) is 38.8 Å². The molecule has 0 saturated heterocycles. The molecule has 2 unspecified atom stereocenters. The number of ether oxygens (including phenoxy) is 2. The summed E-state index contributed by atoms with van der Waals surface area (Å²) in [5.74, 6) is 0.681. The number of carbonyl (C=O) groups excluding carboxylic acids is 1. The molecule has 132 valence electrons. The predicted molar refractivity (Wildman–Crippen MR) is 93.1 cm³/mol. The second-order valence-electron chi connectivity index (χ2n) is 6.88. The van der Waals surface area contributed by atoms with Crippen LogP contribution in [0.25, 0.3) is 0 Å². The van der Waals surface area contributed by atoms with E-state index in [4.69, 9.17) is 9.47 Å². The van der Waals surface area contributed by atoms with Crippen LogP contribution < -0.4 is 14.8 Å². The molecule has 5 heteroatoms. The molecule has 0 radical (unpaired) electrons. The van der Waals surface area contributed by atoms with Gasteiger partial charge in [0, 0.05) is 12.0 Å². The molecule has 3 rings (SSSR count). The highest BCUT2D eigenvalue weighted by atomic mass is 19.1. The maximum absolute atomic E-state index is 13.0. The quantitative estimate of drug-likeness (QED) is 0.912. The molecule has 1 aliphatic heterocycles. The second kappa shape index (κ2) is 6.75. The summed E-state index contributed by atoms with van der Waals surface area (Å²) in [6, 6.07) is 13.2. The maximum atomic E-state index is 13.0. The number of halogens is 1. The van der Waals surface area contributed by atoms with Crippen LogP contribution >= 0.6 is 0 Å². The molecule has 0 spiro atoms. The van der Waals surface area contributed by atoms with Crippen molar-refractivity contribution in [2.24, 2.45) is 0 Å². The van der Waals surface area contributed by atoms with Crippen LogP contribution in [0.15, 0.2) is 48.5 Å². The summed E-state index contributed by atoms with van der Waals surface area (Å²) in [5, 5.41) is 3.04. The Balaban J connectivity index is 1.70. The average molecular weight is 343 g/mol. The normalized spacial score (nSPS) is 19.3. The standard InChI is InChI=1S/C20H22FNO3/c1-13(24-15-10-8-14(21)9-11-15)19(23)22-17-12-20(2,3)25-18-7-5-4-6-16(17)18/h4-11,13,17H,12H2,1-3H3,(H,22,23). The Hall–Kier alpha value is -2.56. The fourth-order valence-corrected chi connectivity index (χ4v) is 2.99. The first-order valence-electron chi connectivity index (χ1n) is 8.35. The van der Waals surface area contributed by atoms with Gasteiger partial charge < -0.3 is 14.8 Å². The van der Waals surface area contributed by atoms with Gasteiger partial charge in [-0.2, -0.15) is 0 Å². The zero-order chi connectivity index (χ0) is 18.0. The maximum Gasteiger partial charge on any atom is 0.261 e. The number of hydrogen-bond acceptors (Lipinski definition) is 3. The summed E-state index contributed by atoms with van der Waals surface area (Å²) in [7, 11) is 0. The molecule has 1 heterocycles. The largest absolute Gasteiger partial charge is 0.487 e. The molecule has 0 aromatic heterocycles. The topological polar surface area (TPSA) is 47.6 Å². The van der Waals surface area contributed by atoms with Gasteiger partial charge in [0.1, 0.15) is 22.9 Å². The van der Waals surface area contributed by atoms with Gasteiger partial charge in [-0.05, 0) is 51.1 Å². The van der Waals surface area contributed by atoms with Crippen molar-refractivity contribution in [1.82, 2.24) is 5.32 Å². The third-order valence-corrected chi connectivity index (χ3v) is 4.19. The second-order valence-corrected chi connectivity index (χ2v) is 6.88. The highest BCUT2D eigenvalue weighted by Crippen LogP contribution is 2.39. The molecule has 0 aliphatic carbocycles. The van der Waals surface area contributed by atoms with E-state index in [2.05, 4.69) is 5.32 Å². The van der Waals surface area contributed by atoms with E-state index in [1.54, 1.807) is 6.92 Å². The van der Waals surface area contributed by atoms with Gasteiger partial charge in [-0.25, -0.2) is 4.39 Å².